The molecule has 2 heterocycles. The SMILES string of the molecule is O=C(O)c1ccccc1[O-].O=C(O)c1ccccc1[O-].O=C(O)c1ccccc1[O-].[Pr+3].c1cnc2c(c1)ccc1cccnc12. The smallest absolute Gasteiger partial charge is 0.872 e. The van der Waals surface area contributed by atoms with Gasteiger partial charge < -0.3 is 30.6 Å². The third kappa shape index (κ3) is 10.5. The van der Waals surface area contributed by atoms with Crippen molar-refractivity contribution < 1.29 is 86.3 Å². The van der Waals surface area contributed by atoms with Crippen LogP contribution in [-0.4, -0.2) is 43.2 Å². The molecule has 3 N–H and O–H groups in total. The minimum Gasteiger partial charge on any atom is -0.872 e. The van der Waals surface area contributed by atoms with Crippen molar-refractivity contribution in [2.24, 2.45) is 0 Å². The summed E-state index contributed by atoms with van der Waals surface area (Å²) in [5.41, 5.74) is 1.42. The summed E-state index contributed by atoms with van der Waals surface area (Å²) in [6.45, 7) is 0. The van der Waals surface area contributed by atoms with E-state index in [1.807, 2.05) is 12.1 Å². The molecule has 2 aromatic heterocycles. The van der Waals surface area contributed by atoms with Crippen molar-refractivity contribution >= 4 is 39.7 Å². The second kappa shape index (κ2) is 17.9. The summed E-state index contributed by atoms with van der Waals surface area (Å²) in [7, 11) is 0. The first kappa shape index (κ1) is 36.1. The Bertz CT molecular complexity index is 1730. The van der Waals surface area contributed by atoms with Crippen molar-refractivity contribution in [2.75, 3.05) is 0 Å². The molecular formula is C33H23N2O9Pr. The predicted octanol–water partition coefficient (Wildman–Crippen LogP) is 4.16. The molecule has 0 saturated heterocycles. The van der Waals surface area contributed by atoms with Crippen LogP contribution in [0.25, 0.3) is 21.8 Å². The zero-order valence-electron chi connectivity index (χ0n) is 23.3. The molecular weight excluding hydrogens is 709 g/mol. The van der Waals surface area contributed by atoms with Gasteiger partial charge in [0.2, 0.25) is 0 Å². The van der Waals surface area contributed by atoms with Gasteiger partial charge in [-0.1, -0.05) is 96.1 Å². The fourth-order valence-electron chi connectivity index (χ4n) is 3.61. The molecule has 0 saturated carbocycles. The van der Waals surface area contributed by atoms with Gasteiger partial charge in [0.25, 0.3) is 0 Å². The van der Waals surface area contributed by atoms with Crippen molar-refractivity contribution in [3.05, 3.63) is 138 Å². The molecule has 222 valence electrons. The van der Waals surface area contributed by atoms with E-state index in [9.17, 15) is 29.7 Å². The van der Waals surface area contributed by atoms with Crippen LogP contribution < -0.4 is 15.3 Å². The van der Waals surface area contributed by atoms with Crippen LogP contribution in [-0.2, 0) is 0 Å². The molecule has 6 aromatic rings. The molecule has 11 nitrogen and oxygen atoms in total. The number of aromatic carboxylic acids is 3. The Hall–Kier alpha value is -5.13. The molecule has 0 aliphatic rings. The Labute approximate surface area is 289 Å². The third-order valence-corrected chi connectivity index (χ3v) is 5.70. The number of hydrogen-bond donors (Lipinski definition) is 3. The molecule has 0 unspecified atom stereocenters. The topological polar surface area (TPSA) is 207 Å². The summed E-state index contributed by atoms with van der Waals surface area (Å²) in [4.78, 5) is 39.4. The molecule has 0 atom stereocenters. The molecule has 0 fully saturated rings. The molecule has 4 aromatic carbocycles. The average Bonchev–Trinajstić information content (AvgIpc) is 3.02. The molecule has 0 aliphatic heterocycles. The number of carboxylic acids is 3. The van der Waals surface area contributed by atoms with E-state index in [0.717, 1.165) is 21.8 Å². The predicted molar refractivity (Wildman–Crippen MR) is 156 cm³/mol. The van der Waals surface area contributed by atoms with E-state index >= 15 is 0 Å². The van der Waals surface area contributed by atoms with Gasteiger partial charge in [-0.15, -0.1) is 0 Å². The summed E-state index contributed by atoms with van der Waals surface area (Å²) >= 11 is 0. The number of hydrogen-bond acceptors (Lipinski definition) is 8. The minimum atomic E-state index is -1.18. The Kier molecular flexibility index (Phi) is 14.3. The van der Waals surface area contributed by atoms with E-state index in [-0.39, 0.29) is 58.0 Å². The number of para-hydroxylation sites is 3. The van der Waals surface area contributed by atoms with Crippen LogP contribution in [0.15, 0.2) is 122 Å². The Balaban J connectivity index is 0.000000211. The molecule has 0 amide bonds. The van der Waals surface area contributed by atoms with Gasteiger partial charge in [-0.05, 0) is 30.3 Å². The maximum absolute atomic E-state index is 10.7. The van der Waals surface area contributed by atoms with Gasteiger partial charge in [0.05, 0.1) is 27.7 Å². The maximum Gasteiger partial charge on any atom is 3.00 e. The molecule has 12 heteroatoms. The third-order valence-electron chi connectivity index (χ3n) is 5.70. The standard InChI is InChI=1S/C12H8N2.3C7H6O3.Pr/c1-3-9-5-6-10-4-2-8-14-12(10)11(9)13-7-1;3*8-6-4-2-1-3-5(6)7(9)10;/h1-8H;3*1-4,8H,(H,9,10);/q;;;;+3/p-3. The van der Waals surface area contributed by atoms with Gasteiger partial charge in [0.1, 0.15) is 0 Å². The number of aromatic nitrogens is 2. The van der Waals surface area contributed by atoms with Crippen molar-refractivity contribution in [1.29, 1.82) is 0 Å². The number of fused-ring (bicyclic) bond motifs is 3. The quantitative estimate of drug-likeness (QED) is 0.220. The van der Waals surface area contributed by atoms with Crippen molar-refractivity contribution in [1.82, 2.24) is 9.97 Å². The Morgan fingerprint density at radius 3 is 0.978 bits per heavy atom. The largest absolute Gasteiger partial charge is 3.00 e. The van der Waals surface area contributed by atoms with Gasteiger partial charge in [0.15, 0.2) is 0 Å². The van der Waals surface area contributed by atoms with E-state index in [2.05, 4.69) is 34.2 Å². The molecule has 45 heavy (non-hydrogen) atoms. The van der Waals surface area contributed by atoms with Gasteiger partial charge in [-0.2, -0.15) is 0 Å². The summed E-state index contributed by atoms with van der Waals surface area (Å²) in [5, 5.41) is 59.4. The number of rotatable bonds is 3. The normalized spacial score (nSPS) is 9.51. The van der Waals surface area contributed by atoms with Gasteiger partial charge in [0, 0.05) is 23.2 Å². The van der Waals surface area contributed by atoms with Crippen LogP contribution >= 0.6 is 0 Å². The van der Waals surface area contributed by atoms with Crippen molar-refractivity contribution in [3.8, 4) is 17.2 Å². The number of benzene rings is 4. The molecule has 0 spiro atoms. The maximum atomic E-state index is 10.7. The van der Waals surface area contributed by atoms with Crippen molar-refractivity contribution in [2.45, 2.75) is 0 Å². The van der Waals surface area contributed by atoms with E-state index in [4.69, 9.17) is 15.3 Å². The van der Waals surface area contributed by atoms with Crippen LogP contribution in [0.1, 0.15) is 31.1 Å². The first-order valence-corrected chi connectivity index (χ1v) is 12.7. The fourth-order valence-corrected chi connectivity index (χ4v) is 3.61. The molecule has 0 bridgehead atoms. The molecule has 6 rings (SSSR count). The van der Waals surface area contributed by atoms with Crippen LogP contribution in [0.5, 0.6) is 17.2 Å². The van der Waals surface area contributed by atoms with Crippen molar-refractivity contribution in [3.63, 3.8) is 0 Å². The summed E-state index contributed by atoms with van der Waals surface area (Å²) in [5.74, 6) is -4.87. The Morgan fingerprint density at radius 1 is 0.444 bits per heavy atom. The number of carbonyl (C=O) groups is 3. The van der Waals surface area contributed by atoms with Gasteiger partial charge in [-0.25, -0.2) is 14.4 Å². The number of nitrogens with zero attached hydrogens (tertiary/aromatic N) is 2. The zero-order chi connectivity index (χ0) is 32.1. The summed E-state index contributed by atoms with van der Waals surface area (Å²) < 4.78 is 0. The van der Waals surface area contributed by atoms with Crippen LogP contribution in [0.3, 0.4) is 0 Å². The van der Waals surface area contributed by atoms with E-state index in [1.165, 1.54) is 72.8 Å². The minimum absolute atomic E-state index is 0. The first-order valence-electron chi connectivity index (χ1n) is 12.7. The van der Waals surface area contributed by atoms with Crippen LogP contribution in [0, 0.1) is 41.3 Å². The summed E-state index contributed by atoms with van der Waals surface area (Å²) in [6.07, 6.45) is 3.60. The second-order valence-electron chi connectivity index (χ2n) is 8.62. The summed E-state index contributed by atoms with van der Waals surface area (Å²) in [6, 6.07) is 28.7. The van der Waals surface area contributed by atoms with Gasteiger partial charge >= 0.3 is 59.2 Å². The number of carboxylic acid groups (broad SMARTS) is 3. The molecule has 0 aliphatic carbocycles. The van der Waals surface area contributed by atoms with E-state index < -0.39 is 35.2 Å². The average molecular weight is 732 g/mol. The fraction of sp³-hybridized carbons (Fsp3) is 0. The van der Waals surface area contributed by atoms with Crippen LogP contribution in [0.2, 0.25) is 0 Å². The monoisotopic (exact) mass is 732 g/mol. The molecule has 0 radical (unpaired) electrons. The second-order valence-corrected chi connectivity index (χ2v) is 8.62. The van der Waals surface area contributed by atoms with E-state index in [1.54, 1.807) is 12.4 Å². The van der Waals surface area contributed by atoms with Crippen LogP contribution in [0.4, 0.5) is 0 Å². The first-order chi connectivity index (χ1) is 21.1. The van der Waals surface area contributed by atoms with E-state index in [0.29, 0.717) is 0 Å². The van der Waals surface area contributed by atoms with Gasteiger partial charge in [-0.3, -0.25) is 9.97 Å². The zero-order valence-corrected chi connectivity index (χ0v) is 27.0. The number of pyridine rings is 2. The Morgan fingerprint density at radius 2 is 0.733 bits per heavy atom.